The van der Waals surface area contributed by atoms with Crippen molar-refractivity contribution in [2.24, 2.45) is 4.99 Å². The van der Waals surface area contributed by atoms with E-state index in [1.807, 2.05) is 6.07 Å². The third-order valence-corrected chi connectivity index (χ3v) is 5.38. The van der Waals surface area contributed by atoms with Gasteiger partial charge in [-0.1, -0.05) is 29.3 Å². The summed E-state index contributed by atoms with van der Waals surface area (Å²) in [5, 5.41) is 18.3. The number of hydrogen-bond acceptors (Lipinski definition) is 5. The minimum Gasteiger partial charge on any atom is -0.480 e. The van der Waals surface area contributed by atoms with Crippen LogP contribution in [0.5, 0.6) is 0 Å². The molecule has 10 heteroatoms. The summed E-state index contributed by atoms with van der Waals surface area (Å²) < 4.78 is 0. The molecule has 0 radical (unpaired) electrons. The number of carboxylic acids is 1. The van der Waals surface area contributed by atoms with Crippen molar-refractivity contribution in [2.75, 3.05) is 18.4 Å². The summed E-state index contributed by atoms with van der Waals surface area (Å²) in [6, 6.07) is 10.4. The Morgan fingerprint density at radius 1 is 1.06 bits per heavy atom. The second-order valence-corrected chi connectivity index (χ2v) is 8.49. The van der Waals surface area contributed by atoms with Crippen molar-refractivity contribution < 1.29 is 19.5 Å². The van der Waals surface area contributed by atoms with Gasteiger partial charge in [-0.15, -0.1) is 0 Å². The van der Waals surface area contributed by atoms with Crippen molar-refractivity contribution in [2.45, 2.75) is 31.7 Å². The number of aliphatic imine (C=N–C) groups is 1. The number of hydrogen-bond donors (Lipinski definition) is 4. The normalized spacial score (nSPS) is 14.1. The lowest BCUT2D eigenvalue weighted by molar-refractivity contribution is -0.141. The van der Waals surface area contributed by atoms with E-state index in [1.54, 1.807) is 30.3 Å². The number of amides is 2. The standard InChI is InChI=1S/C23H24Cl2N4O4/c24-16-8-14(9-17(25)12-16)10-19(23(32)33)29-21(30)13-27-22(31)15-4-3-5-18(11-15)28-20-6-1-2-7-26-20/h3-5,8-9,11-12,19H,1-2,6-7,10,13H2,(H,26,28)(H,27,31)(H,29,30)(H,32,33). The molecule has 3 rings (SSSR count). The van der Waals surface area contributed by atoms with E-state index >= 15 is 0 Å². The first-order chi connectivity index (χ1) is 15.8. The third-order valence-electron chi connectivity index (χ3n) is 4.94. The summed E-state index contributed by atoms with van der Waals surface area (Å²) in [7, 11) is 0. The van der Waals surface area contributed by atoms with Crippen molar-refractivity contribution in [3.8, 4) is 0 Å². The van der Waals surface area contributed by atoms with Crippen molar-refractivity contribution >= 4 is 52.5 Å². The Bertz CT molecular complexity index is 1050. The molecule has 1 heterocycles. The summed E-state index contributed by atoms with van der Waals surface area (Å²) >= 11 is 11.9. The zero-order chi connectivity index (χ0) is 23.8. The molecule has 4 N–H and O–H groups in total. The number of carboxylic acid groups (broad SMARTS) is 1. The zero-order valence-electron chi connectivity index (χ0n) is 17.7. The Balaban J connectivity index is 1.54. The number of aliphatic carboxylic acids is 1. The highest BCUT2D eigenvalue weighted by atomic mass is 35.5. The van der Waals surface area contributed by atoms with Gasteiger partial charge in [-0.25, -0.2) is 4.79 Å². The maximum Gasteiger partial charge on any atom is 0.326 e. The Hall–Kier alpha value is -3.10. The van der Waals surface area contributed by atoms with Crippen LogP contribution in [-0.2, 0) is 16.0 Å². The van der Waals surface area contributed by atoms with Gasteiger partial charge in [0.2, 0.25) is 5.91 Å². The molecular formula is C23H24Cl2N4O4. The summed E-state index contributed by atoms with van der Waals surface area (Å²) in [6.45, 7) is 0.419. The van der Waals surface area contributed by atoms with Crippen LogP contribution in [0.3, 0.4) is 0 Å². The van der Waals surface area contributed by atoms with E-state index in [-0.39, 0.29) is 13.0 Å². The quantitative estimate of drug-likeness (QED) is 0.451. The topological polar surface area (TPSA) is 120 Å². The highest BCUT2D eigenvalue weighted by molar-refractivity contribution is 6.34. The molecule has 0 aliphatic carbocycles. The fraction of sp³-hybridized carbons (Fsp3) is 0.304. The predicted molar refractivity (Wildman–Crippen MR) is 128 cm³/mol. The van der Waals surface area contributed by atoms with Crippen LogP contribution in [0.2, 0.25) is 10.0 Å². The van der Waals surface area contributed by atoms with E-state index in [0.29, 0.717) is 21.2 Å². The van der Waals surface area contributed by atoms with E-state index < -0.39 is 23.8 Å². The molecule has 0 spiro atoms. The molecule has 1 unspecified atom stereocenters. The number of nitrogens with zero attached hydrogens (tertiary/aromatic N) is 1. The second-order valence-electron chi connectivity index (χ2n) is 7.61. The number of carbonyl (C=O) groups is 3. The van der Waals surface area contributed by atoms with Gasteiger partial charge in [0.05, 0.1) is 6.54 Å². The van der Waals surface area contributed by atoms with Crippen molar-refractivity contribution in [3.63, 3.8) is 0 Å². The summed E-state index contributed by atoms with van der Waals surface area (Å²) in [5.74, 6) is -1.41. The first kappa shape index (κ1) is 24.5. The van der Waals surface area contributed by atoms with Crippen LogP contribution < -0.4 is 16.0 Å². The minimum atomic E-state index is -1.21. The van der Waals surface area contributed by atoms with Gasteiger partial charge in [0.15, 0.2) is 0 Å². The van der Waals surface area contributed by atoms with Crippen molar-refractivity contribution in [3.05, 3.63) is 63.6 Å². The van der Waals surface area contributed by atoms with E-state index in [9.17, 15) is 19.5 Å². The van der Waals surface area contributed by atoms with Gasteiger partial charge in [-0.05, 0) is 54.8 Å². The van der Waals surface area contributed by atoms with E-state index in [4.69, 9.17) is 23.2 Å². The monoisotopic (exact) mass is 490 g/mol. The van der Waals surface area contributed by atoms with Gasteiger partial charge >= 0.3 is 5.97 Å². The Kier molecular flexibility index (Phi) is 8.68. The van der Waals surface area contributed by atoms with Crippen LogP contribution in [0.15, 0.2) is 47.5 Å². The summed E-state index contributed by atoms with van der Waals surface area (Å²) in [4.78, 5) is 40.8. The van der Waals surface area contributed by atoms with Crippen LogP contribution in [0.4, 0.5) is 5.69 Å². The third kappa shape index (κ3) is 7.76. The number of anilines is 1. The fourth-order valence-electron chi connectivity index (χ4n) is 3.38. The van der Waals surface area contributed by atoms with Crippen molar-refractivity contribution in [1.29, 1.82) is 0 Å². The lowest BCUT2D eigenvalue weighted by atomic mass is 10.1. The molecule has 0 aromatic heterocycles. The average molecular weight is 491 g/mol. The smallest absolute Gasteiger partial charge is 0.326 e. The predicted octanol–water partition coefficient (Wildman–Crippen LogP) is 3.53. The number of rotatable bonds is 8. The molecule has 0 saturated heterocycles. The van der Waals surface area contributed by atoms with E-state index in [2.05, 4.69) is 20.9 Å². The largest absolute Gasteiger partial charge is 0.480 e. The number of halogens is 2. The van der Waals surface area contributed by atoms with Gasteiger partial charge in [0.1, 0.15) is 11.9 Å². The van der Waals surface area contributed by atoms with Gasteiger partial charge in [-0.3, -0.25) is 14.6 Å². The molecule has 174 valence electrons. The van der Waals surface area contributed by atoms with E-state index in [0.717, 1.165) is 37.3 Å². The maximum atomic E-state index is 12.5. The lowest BCUT2D eigenvalue weighted by Gasteiger charge is -2.16. The molecule has 2 amide bonds. The van der Waals surface area contributed by atoms with Crippen LogP contribution in [-0.4, -0.2) is 47.9 Å². The van der Waals surface area contributed by atoms with Crippen LogP contribution in [0, 0.1) is 0 Å². The zero-order valence-corrected chi connectivity index (χ0v) is 19.2. The molecule has 2 aromatic carbocycles. The van der Waals surface area contributed by atoms with Crippen molar-refractivity contribution in [1.82, 2.24) is 10.6 Å². The minimum absolute atomic E-state index is 0.00704. The molecule has 8 nitrogen and oxygen atoms in total. The number of benzene rings is 2. The van der Waals surface area contributed by atoms with Crippen LogP contribution in [0.1, 0.15) is 35.2 Å². The Morgan fingerprint density at radius 2 is 1.82 bits per heavy atom. The molecule has 0 bridgehead atoms. The fourth-order valence-corrected chi connectivity index (χ4v) is 3.95. The molecule has 0 fully saturated rings. The van der Waals surface area contributed by atoms with Gasteiger partial charge in [0.25, 0.3) is 5.91 Å². The molecule has 0 saturated carbocycles. The van der Waals surface area contributed by atoms with Gasteiger partial charge < -0.3 is 21.1 Å². The SMILES string of the molecule is O=C(CNC(=O)c1cccc(NC2=NCCCC2)c1)NC(Cc1cc(Cl)cc(Cl)c1)C(=O)O. The highest BCUT2D eigenvalue weighted by Crippen LogP contribution is 2.20. The van der Waals surface area contributed by atoms with Crippen LogP contribution in [0.25, 0.3) is 0 Å². The average Bonchev–Trinajstić information content (AvgIpc) is 2.77. The van der Waals surface area contributed by atoms with Gasteiger partial charge in [-0.2, -0.15) is 0 Å². The number of amidine groups is 1. The molecular weight excluding hydrogens is 467 g/mol. The molecule has 2 aromatic rings. The molecule has 1 aliphatic rings. The molecule has 33 heavy (non-hydrogen) atoms. The first-order valence-electron chi connectivity index (χ1n) is 10.5. The highest BCUT2D eigenvalue weighted by Gasteiger charge is 2.21. The Labute approximate surface area is 201 Å². The first-order valence-corrected chi connectivity index (χ1v) is 11.2. The Morgan fingerprint density at radius 3 is 2.48 bits per heavy atom. The number of carbonyl (C=O) groups excluding carboxylic acids is 2. The maximum absolute atomic E-state index is 12.5. The van der Waals surface area contributed by atoms with E-state index in [1.165, 1.54) is 6.07 Å². The lowest BCUT2D eigenvalue weighted by Crippen LogP contribution is -2.46. The van der Waals surface area contributed by atoms with Crippen LogP contribution >= 0.6 is 23.2 Å². The second kappa shape index (κ2) is 11.7. The number of nitrogens with one attached hydrogen (secondary N) is 3. The molecule has 1 aliphatic heterocycles. The van der Waals surface area contributed by atoms with Gasteiger partial charge in [0, 0.05) is 40.7 Å². The summed E-state index contributed by atoms with van der Waals surface area (Å²) in [5.41, 5.74) is 1.67. The molecule has 1 atom stereocenters. The summed E-state index contributed by atoms with van der Waals surface area (Å²) in [6.07, 6.45) is 3.00.